The molecule has 3 aromatic rings. The normalized spacial score (nSPS) is 13.6. The molecule has 1 aromatic carbocycles. The SMILES string of the molecule is CN(C)S(=O)(=O)c1ccc(CNC(=O)c2nn(-c3ccccc3F)c3c2CCC3)s1. The minimum Gasteiger partial charge on any atom is -0.346 e. The van der Waals surface area contributed by atoms with Gasteiger partial charge in [0.2, 0.25) is 0 Å². The molecule has 1 aliphatic carbocycles. The van der Waals surface area contributed by atoms with Crippen molar-refractivity contribution in [1.82, 2.24) is 19.4 Å². The van der Waals surface area contributed by atoms with Crippen molar-refractivity contribution in [3.05, 3.63) is 64.0 Å². The monoisotopic (exact) mass is 448 g/mol. The number of thiophene rings is 1. The lowest BCUT2D eigenvalue weighted by atomic mass is 10.2. The van der Waals surface area contributed by atoms with Gasteiger partial charge in [0.25, 0.3) is 15.9 Å². The van der Waals surface area contributed by atoms with Crippen LogP contribution >= 0.6 is 11.3 Å². The van der Waals surface area contributed by atoms with Crippen LogP contribution < -0.4 is 5.32 Å². The van der Waals surface area contributed by atoms with Crippen molar-refractivity contribution in [3.63, 3.8) is 0 Å². The highest BCUT2D eigenvalue weighted by Gasteiger charge is 2.28. The molecule has 4 rings (SSSR count). The van der Waals surface area contributed by atoms with Crippen molar-refractivity contribution in [2.75, 3.05) is 14.1 Å². The van der Waals surface area contributed by atoms with E-state index in [0.717, 1.165) is 46.2 Å². The number of nitrogens with zero attached hydrogens (tertiary/aromatic N) is 3. The molecule has 0 unspecified atom stereocenters. The summed E-state index contributed by atoms with van der Waals surface area (Å²) in [5, 5.41) is 7.22. The minimum absolute atomic E-state index is 0.188. The summed E-state index contributed by atoms with van der Waals surface area (Å²) in [7, 11) is -0.548. The van der Waals surface area contributed by atoms with Crippen molar-refractivity contribution < 1.29 is 17.6 Å². The standard InChI is InChI=1S/C20H21FN4O3S2/c1-24(2)30(27,28)18-11-10-13(29-18)12-22-20(26)19-14-6-5-9-16(14)25(23-19)17-8-4-3-7-15(17)21/h3-4,7-8,10-11H,5-6,9,12H2,1-2H3,(H,22,26). The summed E-state index contributed by atoms with van der Waals surface area (Å²) in [6.45, 7) is 0.188. The number of amides is 1. The summed E-state index contributed by atoms with van der Waals surface area (Å²) >= 11 is 1.12. The lowest BCUT2D eigenvalue weighted by Crippen LogP contribution is -2.24. The number of nitrogens with one attached hydrogen (secondary N) is 1. The number of halogens is 1. The van der Waals surface area contributed by atoms with E-state index in [1.807, 2.05) is 0 Å². The van der Waals surface area contributed by atoms with Gasteiger partial charge in [0.15, 0.2) is 5.69 Å². The zero-order valence-electron chi connectivity index (χ0n) is 16.6. The Morgan fingerprint density at radius 2 is 2.00 bits per heavy atom. The second kappa shape index (κ2) is 7.93. The van der Waals surface area contributed by atoms with Gasteiger partial charge in [-0.1, -0.05) is 12.1 Å². The molecule has 2 heterocycles. The van der Waals surface area contributed by atoms with Crippen molar-refractivity contribution >= 4 is 27.3 Å². The van der Waals surface area contributed by atoms with E-state index in [1.54, 1.807) is 24.3 Å². The second-order valence-electron chi connectivity index (χ2n) is 7.18. The molecule has 0 fully saturated rings. The van der Waals surface area contributed by atoms with Crippen LogP contribution in [-0.4, -0.2) is 42.5 Å². The smallest absolute Gasteiger partial charge is 0.272 e. The van der Waals surface area contributed by atoms with Crippen molar-refractivity contribution in [1.29, 1.82) is 0 Å². The fraction of sp³-hybridized carbons (Fsp3) is 0.300. The van der Waals surface area contributed by atoms with Crippen LogP contribution in [0, 0.1) is 5.82 Å². The zero-order valence-corrected chi connectivity index (χ0v) is 18.2. The Labute approximate surface area is 178 Å². The van der Waals surface area contributed by atoms with Gasteiger partial charge in [0.05, 0.1) is 6.54 Å². The lowest BCUT2D eigenvalue weighted by Gasteiger charge is -2.08. The molecule has 0 saturated heterocycles. The van der Waals surface area contributed by atoms with Gasteiger partial charge in [-0.05, 0) is 43.5 Å². The molecule has 10 heteroatoms. The molecule has 0 atom stereocenters. The molecule has 1 amide bonds. The van der Waals surface area contributed by atoms with Crippen LogP contribution in [0.25, 0.3) is 5.69 Å². The molecule has 1 aliphatic rings. The third-order valence-corrected chi connectivity index (χ3v) is 8.39. The number of para-hydroxylation sites is 1. The quantitative estimate of drug-likeness (QED) is 0.629. The van der Waals surface area contributed by atoms with E-state index < -0.39 is 15.8 Å². The Morgan fingerprint density at radius 1 is 1.23 bits per heavy atom. The summed E-state index contributed by atoms with van der Waals surface area (Å²) in [6.07, 6.45) is 2.34. The summed E-state index contributed by atoms with van der Waals surface area (Å²) in [5.74, 6) is -0.747. The first-order valence-corrected chi connectivity index (χ1v) is 11.7. The minimum atomic E-state index is -3.50. The van der Waals surface area contributed by atoms with Gasteiger partial charge in [-0.25, -0.2) is 21.8 Å². The Hall–Kier alpha value is -2.56. The fourth-order valence-electron chi connectivity index (χ4n) is 3.47. The van der Waals surface area contributed by atoms with Gasteiger partial charge in [-0.15, -0.1) is 11.3 Å². The van der Waals surface area contributed by atoms with E-state index in [0.29, 0.717) is 16.3 Å². The Kier molecular flexibility index (Phi) is 5.48. The number of hydrogen-bond acceptors (Lipinski definition) is 5. The Balaban J connectivity index is 1.55. The van der Waals surface area contributed by atoms with Gasteiger partial charge >= 0.3 is 0 Å². The third-order valence-electron chi connectivity index (χ3n) is 5.02. The van der Waals surface area contributed by atoms with Crippen LogP contribution in [0.5, 0.6) is 0 Å². The molecule has 2 aromatic heterocycles. The maximum absolute atomic E-state index is 14.3. The lowest BCUT2D eigenvalue weighted by molar-refractivity contribution is 0.0945. The molecule has 7 nitrogen and oxygen atoms in total. The molecule has 30 heavy (non-hydrogen) atoms. The number of sulfonamides is 1. The van der Waals surface area contributed by atoms with Gasteiger partial charge in [-0.3, -0.25) is 4.79 Å². The van der Waals surface area contributed by atoms with Gasteiger partial charge < -0.3 is 5.32 Å². The maximum Gasteiger partial charge on any atom is 0.272 e. The molecule has 0 aliphatic heterocycles. The summed E-state index contributed by atoms with van der Waals surface area (Å²) in [5.41, 5.74) is 2.33. The van der Waals surface area contributed by atoms with Crippen LogP contribution in [0.15, 0.2) is 40.6 Å². The molecule has 0 saturated carbocycles. The van der Waals surface area contributed by atoms with Crippen LogP contribution in [-0.2, 0) is 29.4 Å². The number of aromatic nitrogens is 2. The summed E-state index contributed by atoms with van der Waals surface area (Å²) < 4.78 is 41.6. The van der Waals surface area contributed by atoms with Gasteiger partial charge in [0, 0.05) is 30.2 Å². The fourth-order valence-corrected chi connectivity index (χ4v) is 5.93. The highest BCUT2D eigenvalue weighted by atomic mass is 32.2. The number of fused-ring (bicyclic) bond motifs is 1. The van der Waals surface area contributed by atoms with E-state index in [2.05, 4.69) is 10.4 Å². The number of benzene rings is 1. The van der Waals surface area contributed by atoms with Crippen molar-refractivity contribution in [2.24, 2.45) is 0 Å². The first-order chi connectivity index (χ1) is 14.3. The van der Waals surface area contributed by atoms with Crippen molar-refractivity contribution in [3.8, 4) is 5.69 Å². The first kappa shape index (κ1) is 20.7. The summed E-state index contributed by atoms with van der Waals surface area (Å²) in [4.78, 5) is 13.5. The highest BCUT2D eigenvalue weighted by molar-refractivity contribution is 7.91. The average molecular weight is 449 g/mol. The second-order valence-corrected chi connectivity index (χ2v) is 10.7. The highest BCUT2D eigenvalue weighted by Crippen LogP contribution is 2.29. The largest absolute Gasteiger partial charge is 0.346 e. The molecule has 0 radical (unpaired) electrons. The number of rotatable bonds is 6. The molecule has 0 spiro atoms. The maximum atomic E-state index is 14.3. The first-order valence-electron chi connectivity index (χ1n) is 9.44. The zero-order chi connectivity index (χ0) is 21.5. The predicted molar refractivity (Wildman–Crippen MR) is 112 cm³/mol. The van der Waals surface area contributed by atoms with Crippen LogP contribution in [0.2, 0.25) is 0 Å². The predicted octanol–water partition coefficient (Wildman–Crippen LogP) is 2.74. The van der Waals surface area contributed by atoms with E-state index in [-0.39, 0.29) is 16.7 Å². The van der Waals surface area contributed by atoms with Gasteiger partial charge in [-0.2, -0.15) is 5.10 Å². The number of hydrogen-bond donors (Lipinski definition) is 1. The van der Waals surface area contributed by atoms with Crippen LogP contribution in [0.3, 0.4) is 0 Å². The summed E-state index contributed by atoms with van der Waals surface area (Å²) in [6, 6.07) is 9.57. The molecule has 1 N–H and O–H groups in total. The molecule has 0 bridgehead atoms. The van der Waals surface area contributed by atoms with E-state index >= 15 is 0 Å². The average Bonchev–Trinajstić information content (AvgIpc) is 3.43. The van der Waals surface area contributed by atoms with E-state index in [1.165, 1.54) is 30.9 Å². The van der Waals surface area contributed by atoms with E-state index in [9.17, 15) is 17.6 Å². The third kappa shape index (κ3) is 3.66. The molecule has 158 valence electrons. The van der Waals surface area contributed by atoms with Gasteiger partial charge in [0.1, 0.15) is 15.7 Å². The van der Waals surface area contributed by atoms with Crippen LogP contribution in [0.4, 0.5) is 4.39 Å². The molecular weight excluding hydrogens is 427 g/mol. The topological polar surface area (TPSA) is 84.3 Å². The Morgan fingerprint density at radius 3 is 2.73 bits per heavy atom. The number of carbonyl (C=O) groups excluding carboxylic acids is 1. The Bertz CT molecular complexity index is 1210. The molecular formula is C20H21FN4O3S2. The number of carbonyl (C=O) groups is 1. The van der Waals surface area contributed by atoms with Crippen molar-refractivity contribution in [2.45, 2.75) is 30.0 Å². The van der Waals surface area contributed by atoms with E-state index in [4.69, 9.17) is 0 Å². The van der Waals surface area contributed by atoms with Crippen LogP contribution in [0.1, 0.15) is 33.0 Å².